The Hall–Kier alpha value is -1.55. The fourth-order valence-electron chi connectivity index (χ4n) is 3.41. The zero-order valence-electron chi connectivity index (χ0n) is 13.0. The average molecular weight is 287 g/mol. The Morgan fingerprint density at radius 2 is 2.14 bits per heavy atom. The van der Waals surface area contributed by atoms with Crippen LogP contribution in [0.4, 0.5) is 5.69 Å². The number of carbonyl (C=O) groups is 1. The van der Waals surface area contributed by atoms with Gasteiger partial charge in [0.05, 0.1) is 11.3 Å². The number of para-hydroxylation sites is 1. The Balaban J connectivity index is 1.71. The molecule has 0 aromatic heterocycles. The molecule has 4 nitrogen and oxygen atoms in total. The Labute approximate surface area is 126 Å². The van der Waals surface area contributed by atoms with Gasteiger partial charge in [0.2, 0.25) is 0 Å². The van der Waals surface area contributed by atoms with E-state index in [0.717, 1.165) is 37.2 Å². The van der Waals surface area contributed by atoms with Gasteiger partial charge in [0.25, 0.3) is 5.91 Å². The van der Waals surface area contributed by atoms with Crippen LogP contribution in [0.5, 0.6) is 0 Å². The Bertz CT molecular complexity index is 535. The van der Waals surface area contributed by atoms with Gasteiger partial charge in [-0.05, 0) is 57.8 Å². The zero-order valence-corrected chi connectivity index (χ0v) is 13.0. The molecule has 21 heavy (non-hydrogen) atoms. The number of nitrogens with zero attached hydrogens (tertiary/aromatic N) is 1. The molecule has 0 saturated heterocycles. The summed E-state index contributed by atoms with van der Waals surface area (Å²) >= 11 is 0. The predicted molar refractivity (Wildman–Crippen MR) is 85.9 cm³/mol. The van der Waals surface area contributed by atoms with Crippen LogP contribution in [-0.2, 0) is 6.42 Å². The minimum Gasteiger partial charge on any atom is -0.384 e. The van der Waals surface area contributed by atoms with Crippen LogP contribution in [0.2, 0.25) is 0 Å². The van der Waals surface area contributed by atoms with Crippen molar-refractivity contribution < 1.29 is 4.79 Å². The maximum Gasteiger partial charge on any atom is 0.253 e. The van der Waals surface area contributed by atoms with Crippen molar-refractivity contribution in [1.82, 2.24) is 10.2 Å². The fraction of sp³-hybridized carbons (Fsp3) is 0.588. The van der Waals surface area contributed by atoms with Crippen molar-refractivity contribution >= 4 is 11.6 Å². The highest BCUT2D eigenvalue weighted by molar-refractivity contribution is 6.00. The summed E-state index contributed by atoms with van der Waals surface area (Å²) in [7, 11) is 4.22. The van der Waals surface area contributed by atoms with Gasteiger partial charge in [-0.2, -0.15) is 0 Å². The molecular weight excluding hydrogens is 262 g/mol. The van der Waals surface area contributed by atoms with Crippen LogP contribution in [0.25, 0.3) is 0 Å². The van der Waals surface area contributed by atoms with Crippen molar-refractivity contribution in [3.05, 3.63) is 29.3 Å². The number of carbonyl (C=O) groups excluding carboxylic acids is 1. The second-order valence-corrected chi connectivity index (χ2v) is 6.53. The van der Waals surface area contributed by atoms with Crippen molar-refractivity contribution in [3.8, 4) is 0 Å². The standard InChI is InChI=1S/C17H25N3O/c1-20(2)17(9-5-10-17)12-19-16(21)14-8-3-6-13-7-4-11-18-15(13)14/h3,6,8,18H,4-5,7,9-12H2,1-2H3,(H,19,21). The normalized spacial score (nSPS) is 19.4. The smallest absolute Gasteiger partial charge is 0.253 e. The van der Waals surface area contributed by atoms with E-state index in [1.54, 1.807) is 0 Å². The third kappa shape index (κ3) is 2.64. The Morgan fingerprint density at radius 1 is 1.33 bits per heavy atom. The van der Waals surface area contributed by atoms with Gasteiger partial charge in [-0.3, -0.25) is 4.79 Å². The first-order chi connectivity index (χ1) is 10.1. The van der Waals surface area contributed by atoms with Gasteiger partial charge in [-0.15, -0.1) is 0 Å². The van der Waals surface area contributed by atoms with Crippen molar-refractivity contribution in [1.29, 1.82) is 0 Å². The first-order valence-electron chi connectivity index (χ1n) is 7.94. The van der Waals surface area contributed by atoms with Gasteiger partial charge in [0.15, 0.2) is 0 Å². The van der Waals surface area contributed by atoms with Gasteiger partial charge in [-0.1, -0.05) is 12.1 Å². The molecule has 2 N–H and O–H groups in total. The molecule has 1 saturated carbocycles. The van der Waals surface area contributed by atoms with Crippen LogP contribution in [0.3, 0.4) is 0 Å². The van der Waals surface area contributed by atoms with E-state index in [0.29, 0.717) is 0 Å². The van der Waals surface area contributed by atoms with Crippen LogP contribution < -0.4 is 10.6 Å². The number of amides is 1. The summed E-state index contributed by atoms with van der Waals surface area (Å²) in [5.74, 6) is 0.0503. The molecule has 114 valence electrons. The highest BCUT2D eigenvalue weighted by Gasteiger charge is 2.39. The van der Waals surface area contributed by atoms with Crippen molar-refractivity contribution in [2.75, 3.05) is 32.5 Å². The molecule has 2 aliphatic rings. The lowest BCUT2D eigenvalue weighted by Gasteiger charge is -2.47. The highest BCUT2D eigenvalue weighted by atomic mass is 16.1. The van der Waals surface area contributed by atoms with Crippen LogP contribution in [0.15, 0.2) is 18.2 Å². The number of nitrogens with one attached hydrogen (secondary N) is 2. The van der Waals surface area contributed by atoms with Gasteiger partial charge < -0.3 is 15.5 Å². The summed E-state index contributed by atoms with van der Waals surface area (Å²) in [5, 5.41) is 6.54. The maximum atomic E-state index is 12.6. The zero-order chi connectivity index (χ0) is 14.9. The van der Waals surface area contributed by atoms with E-state index < -0.39 is 0 Å². The molecule has 3 rings (SSSR count). The molecule has 1 aromatic rings. The summed E-state index contributed by atoms with van der Waals surface area (Å²) in [4.78, 5) is 14.8. The first-order valence-corrected chi connectivity index (χ1v) is 7.94. The molecule has 1 aliphatic heterocycles. The van der Waals surface area contributed by atoms with Crippen LogP contribution in [0.1, 0.15) is 41.6 Å². The van der Waals surface area contributed by atoms with Crippen LogP contribution in [0, 0.1) is 0 Å². The largest absolute Gasteiger partial charge is 0.384 e. The third-order valence-electron chi connectivity index (χ3n) is 5.13. The molecule has 0 atom stereocenters. The van der Waals surface area contributed by atoms with Crippen LogP contribution >= 0.6 is 0 Å². The minimum absolute atomic E-state index is 0.0503. The average Bonchev–Trinajstić information content (AvgIpc) is 2.45. The van der Waals surface area contributed by atoms with Gasteiger partial charge in [-0.25, -0.2) is 0 Å². The van der Waals surface area contributed by atoms with Crippen molar-refractivity contribution in [3.63, 3.8) is 0 Å². The van der Waals surface area contributed by atoms with Crippen molar-refractivity contribution in [2.45, 2.75) is 37.6 Å². The molecule has 0 unspecified atom stereocenters. The van der Waals surface area contributed by atoms with Gasteiger partial charge in [0, 0.05) is 18.6 Å². The molecule has 0 bridgehead atoms. The lowest BCUT2D eigenvalue weighted by molar-refractivity contribution is 0.0558. The number of hydrogen-bond acceptors (Lipinski definition) is 3. The first kappa shape index (κ1) is 14.4. The fourth-order valence-corrected chi connectivity index (χ4v) is 3.41. The molecule has 1 amide bonds. The van der Waals surface area contributed by atoms with E-state index >= 15 is 0 Å². The molecule has 4 heteroatoms. The number of hydrogen-bond donors (Lipinski definition) is 2. The van der Waals surface area contributed by atoms with Gasteiger partial charge in [0.1, 0.15) is 0 Å². The molecule has 1 fully saturated rings. The predicted octanol–water partition coefficient (Wildman–Crippen LogP) is 2.26. The summed E-state index contributed by atoms with van der Waals surface area (Å²) < 4.78 is 0. The second-order valence-electron chi connectivity index (χ2n) is 6.53. The van der Waals surface area contributed by atoms with E-state index in [1.807, 2.05) is 12.1 Å². The third-order valence-corrected chi connectivity index (χ3v) is 5.13. The molecule has 1 aliphatic carbocycles. The Morgan fingerprint density at radius 3 is 2.81 bits per heavy atom. The van der Waals surface area contributed by atoms with E-state index in [9.17, 15) is 4.79 Å². The molecule has 1 aromatic carbocycles. The number of rotatable bonds is 4. The summed E-state index contributed by atoms with van der Waals surface area (Å²) in [6.07, 6.45) is 5.81. The lowest BCUT2D eigenvalue weighted by Crippen LogP contribution is -2.57. The number of fused-ring (bicyclic) bond motifs is 1. The minimum atomic E-state index is 0.0503. The number of benzene rings is 1. The second kappa shape index (κ2) is 5.68. The molecule has 1 heterocycles. The maximum absolute atomic E-state index is 12.6. The topological polar surface area (TPSA) is 44.4 Å². The van der Waals surface area contributed by atoms with Gasteiger partial charge >= 0.3 is 0 Å². The van der Waals surface area contributed by atoms with E-state index in [2.05, 4.69) is 35.7 Å². The number of aryl methyl sites for hydroxylation is 1. The highest BCUT2D eigenvalue weighted by Crippen LogP contribution is 2.35. The quantitative estimate of drug-likeness (QED) is 0.893. The summed E-state index contributed by atoms with van der Waals surface area (Å²) in [6.45, 7) is 1.70. The van der Waals surface area contributed by atoms with E-state index in [4.69, 9.17) is 0 Å². The lowest BCUT2D eigenvalue weighted by atomic mass is 9.75. The number of anilines is 1. The SMILES string of the molecule is CN(C)C1(CNC(=O)c2cccc3c2NCCC3)CCC1. The number of likely N-dealkylation sites (N-methyl/N-ethyl adjacent to an activating group) is 1. The summed E-state index contributed by atoms with van der Waals surface area (Å²) in [5.41, 5.74) is 3.26. The molecule has 0 radical (unpaired) electrons. The van der Waals surface area contributed by atoms with E-state index in [-0.39, 0.29) is 11.4 Å². The van der Waals surface area contributed by atoms with Crippen molar-refractivity contribution in [2.24, 2.45) is 0 Å². The van der Waals surface area contributed by atoms with E-state index in [1.165, 1.54) is 24.8 Å². The molecule has 0 spiro atoms. The Kier molecular flexibility index (Phi) is 3.89. The monoisotopic (exact) mass is 287 g/mol. The molecular formula is C17H25N3O. The summed E-state index contributed by atoms with van der Waals surface area (Å²) in [6, 6.07) is 6.03. The van der Waals surface area contributed by atoms with Crippen LogP contribution in [-0.4, -0.2) is 43.5 Å².